The fourth-order valence-corrected chi connectivity index (χ4v) is 2.45. The minimum atomic E-state index is -4.82. The molecule has 1 fully saturated rings. The van der Waals surface area contributed by atoms with Crippen LogP contribution >= 0.6 is 0 Å². The molecule has 21 heavy (non-hydrogen) atoms. The van der Waals surface area contributed by atoms with E-state index in [-0.39, 0.29) is 5.41 Å². The van der Waals surface area contributed by atoms with Crippen LogP contribution in [0.3, 0.4) is 0 Å². The molecule has 2 rings (SSSR count). The standard InChI is InChI=1S/C14H16F4N2O/c1-13(7-19)5-6-20(8-13)12(21)9-3-2-4-10(11(9)15)14(16,17)18/h2-4H,5-8,19H2,1H3. The van der Waals surface area contributed by atoms with Gasteiger partial charge in [0.1, 0.15) is 5.82 Å². The molecule has 0 aromatic heterocycles. The van der Waals surface area contributed by atoms with E-state index >= 15 is 0 Å². The van der Waals surface area contributed by atoms with Gasteiger partial charge in [0.2, 0.25) is 0 Å². The zero-order chi connectivity index (χ0) is 15.8. The first-order valence-corrected chi connectivity index (χ1v) is 6.53. The van der Waals surface area contributed by atoms with Gasteiger partial charge in [-0.15, -0.1) is 0 Å². The Hall–Kier alpha value is -1.63. The van der Waals surface area contributed by atoms with Gasteiger partial charge in [0.15, 0.2) is 0 Å². The summed E-state index contributed by atoms with van der Waals surface area (Å²) < 4.78 is 52.0. The van der Waals surface area contributed by atoms with E-state index in [1.165, 1.54) is 4.90 Å². The van der Waals surface area contributed by atoms with Crippen molar-refractivity contribution in [1.29, 1.82) is 0 Å². The highest BCUT2D eigenvalue weighted by molar-refractivity contribution is 5.95. The summed E-state index contributed by atoms with van der Waals surface area (Å²) >= 11 is 0. The van der Waals surface area contributed by atoms with E-state index in [0.29, 0.717) is 32.1 Å². The highest BCUT2D eigenvalue weighted by Crippen LogP contribution is 2.34. The van der Waals surface area contributed by atoms with Crippen LogP contribution in [0.1, 0.15) is 29.3 Å². The largest absolute Gasteiger partial charge is 0.419 e. The van der Waals surface area contributed by atoms with E-state index in [2.05, 4.69) is 0 Å². The molecule has 1 heterocycles. The van der Waals surface area contributed by atoms with Gasteiger partial charge >= 0.3 is 6.18 Å². The molecule has 1 aliphatic heterocycles. The highest BCUT2D eigenvalue weighted by atomic mass is 19.4. The second kappa shape index (κ2) is 5.29. The van der Waals surface area contributed by atoms with Gasteiger partial charge in [0, 0.05) is 13.1 Å². The van der Waals surface area contributed by atoms with E-state index < -0.39 is 29.0 Å². The first-order chi connectivity index (χ1) is 9.68. The maximum atomic E-state index is 14.0. The number of benzene rings is 1. The maximum absolute atomic E-state index is 14.0. The Balaban J connectivity index is 2.29. The molecule has 2 N–H and O–H groups in total. The molecule has 1 atom stereocenters. The number of nitrogens with two attached hydrogens (primary N) is 1. The monoisotopic (exact) mass is 304 g/mol. The molecule has 1 aromatic carbocycles. The second-order valence-electron chi connectivity index (χ2n) is 5.66. The van der Waals surface area contributed by atoms with E-state index in [0.717, 1.165) is 12.1 Å². The summed E-state index contributed by atoms with van der Waals surface area (Å²) in [5, 5.41) is 0. The summed E-state index contributed by atoms with van der Waals surface area (Å²) in [4.78, 5) is 13.6. The smallest absolute Gasteiger partial charge is 0.338 e. The van der Waals surface area contributed by atoms with Crippen LogP contribution in [0.15, 0.2) is 18.2 Å². The van der Waals surface area contributed by atoms with Gasteiger partial charge < -0.3 is 10.6 Å². The lowest BCUT2D eigenvalue weighted by atomic mass is 9.90. The number of carbonyl (C=O) groups is 1. The predicted molar refractivity (Wildman–Crippen MR) is 69.1 cm³/mol. The molecule has 1 amide bonds. The quantitative estimate of drug-likeness (QED) is 0.854. The Labute approximate surface area is 119 Å². The number of likely N-dealkylation sites (tertiary alicyclic amines) is 1. The van der Waals surface area contributed by atoms with Crippen LogP contribution in [0.25, 0.3) is 0 Å². The van der Waals surface area contributed by atoms with Crippen LogP contribution in [0.4, 0.5) is 17.6 Å². The number of hydrogen-bond donors (Lipinski definition) is 1. The van der Waals surface area contributed by atoms with Crippen molar-refractivity contribution in [3.05, 3.63) is 35.1 Å². The third-order valence-corrected chi connectivity index (χ3v) is 3.87. The molecule has 0 aliphatic carbocycles. The molecular weight excluding hydrogens is 288 g/mol. The molecule has 1 aliphatic rings. The number of halogens is 4. The Morgan fingerprint density at radius 3 is 2.62 bits per heavy atom. The van der Waals surface area contributed by atoms with E-state index in [1.807, 2.05) is 6.92 Å². The Bertz CT molecular complexity index is 558. The maximum Gasteiger partial charge on any atom is 0.419 e. The number of rotatable bonds is 2. The van der Waals surface area contributed by atoms with Crippen molar-refractivity contribution in [1.82, 2.24) is 4.90 Å². The van der Waals surface area contributed by atoms with Crippen LogP contribution in [0.2, 0.25) is 0 Å². The zero-order valence-corrected chi connectivity index (χ0v) is 11.5. The third-order valence-electron chi connectivity index (χ3n) is 3.87. The van der Waals surface area contributed by atoms with Gasteiger partial charge in [0.25, 0.3) is 5.91 Å². The molecule has 1 aromatic rings. The molecule has 1 unspecified atom stereocenters. The fourth-order valence-electron chi connectivity index (χ4n) is 2.45. The zero-order valence-electron chi connectivity index (χ0n) is 11.5. The van der Waals surface area contributed by atoms with E-state index in [4.69, 9.17) is 5.73 Å². The number of hydrogen-bond acceptors (Lipinski definition) is 2. The molecule has 1 saturated heterocycles. The van der Waals surface area contributed by atoms with E-state index in [9.17, 15) is 22.4 Å². The van der Waals surface area contributed by atoms with E-state index in [1.54, 1.807) is 0 Å². The van der Waals surface area contributed by atoms with Crippen LogP contribution < -0.4 is 5.73 Å². The van der Waals surface area contributed by atoms with Crippen molar-refractivity contribution in [3.8, 4) is 0 Å². The van der Waals surface area contributed by atoms with Crippen LogP contribution in [0, 0.1) is 11.2 Å². The summed E-state index contributed by atoms with van der Waals surface area (Å²) in [7, 11) is 0. The third kappa shape index (κ3) is 3.02. The van der Waals surface area contributed by atoms with Gasteiger partial charge in [-0.05, 0) is 30.5 Å². The summed E-state index contributed by atoms with van der Waals surface area (Å²) in [6, 6.07) is 2.74. The Morgan fingerprint density at radius 2 is 2.10 bits per heavy atom. The van der Waals surface area contributed by atoms with Crippen LogP contribution in [0.5, 0.6) is 0 Å². The minimum Gasteiger partial charge on any atom is -0.338 e. The fraction of sp³-hybridized carbons (Fsp3) is 0.500. The van der Waals surface area contributed by atoms with Crippen molar-refractivity contribution in [2.75, 3.05) is 19.6 Å². The van der Waals surface area contributed by atoms with Gasteiger partial charge in [-0.3, -0.25) is 4.79 Å². The summed E-state index contributed by atoms with van der Waals surface area (Å²) in [6.07, 6.45) is -4.17. The van der Waals surface area contributed by atoms with Crippen molar-refractivity contribution in [2.45, 2.75) is 19.5 Å². The number of carbonyl (C=O) groups excluding carboxylic acids is 1. The van der Waals surface area contributed by atoms with Crippen molar-refractivity contribution >= 4 is 5.91 Å². The number of nitrogens with zero attached hydrogens (tertiary/aromatic N) is 1. The first-order valence-electron chi connectivity index (χ1n) is 6.53. The normalized spacial score (nSPS) is 22.7. The molecule has 0 spiro atoms. The predicted octanol–water partition coefficient (Wildman–Crippen LogP) is 2.66. The SMILES string of the molecule is CC1(CN)CCN(C(=O)c2cccc(C(F)(F)F)c2F)C1. The highest BCUT2D eigenvalue weighted by Gasteiger charge is 2.39. The number of amides is 1. The molecule has 116 valence electrons. The van der Waals surface area contributed by atoms with Crippen molar-refractivity contribution in [3.63, 3.8) is 0 Å². The van der Waals surface area contributed by atoms with Crippen molar-refractivity contribution in [2.24, 2.45) is 11.1 Å². The minimum absolute atomic E-state index is 0.270. The van der Waals surface area contributed by atoms with Crippen LogP contribution in [-0.2, 0) is 6.18 Å². The molecule has 0 saturated carbocycles. The summed E-state index contributed by atoms with van der Waals surface area (Å²) in [5.74, 6) is -2.24. The summed E-state index contributed by atoms with van der Waals surface area (Å²) in [6.45, 7) is 2.94. The average molecular weight is 304 g/mol. The lowest BCUT2D eigenvalue weighted by Gasteiger charge is -2.23. The van der Waals surface area contributed by atoms with Gasteiger partial charge in [-0.25, -0.2) is 4.39 Å². The van der Waals surface area contributed by atoms with Crippen LogP contribution in [-0.4, -0.2) is 30.4 Å². The Kier molecular flexibility index (Phi) is 3.97. The first kappa shape index (κ1) is 15.8. The molecular formula is C14H16F4N2O. The molecule has 7 heteroatoms. The average Bonchev–Trinajstić information content (AvgIpc) is 2.80. The van der Waals surface area contributed by atoms with Gasteiger partial charge in [0.05, 0.1) is 11.1 Å². The van der Waals surface area contributed by atoms with Gasteiger partial charge in [-0.1, -0.05) is 13.0 Å². The lowest BCUT2D eigenvalue weighted by Crippen LogP contribution is -2.35. The van der Waals surface area contributed by atoms with Gasteiger partial charge in [-0.2, -0.15) is 13.2 Å². The topological polar surface area (TPSA) is 46.3 Å². The van der Waals surface area contributed by atoms with Crippen molar-refractivity contribution < 1.29 is 22.4 Å². The summed E-state index contributed by atoms with van der Waals surface area (Å²) in [5.41, 5.74) is 3.38. The molecule has 0 radical (unpaired) electrons. The molecule has 3 nitrogen and oxygen atoms in total. The molecule has 0 bridgehead atoms. The number of alkyl halides is 3. The Morgan fingerprint density at radius 1 is 1.43 bits per heavy atom. The second-order valence-corrected chi connectivity index (χ2v) is 5.66. The lowest BCUT2D eigenvalue weighted by molar-refractivity contribution is -0.140.